The van der Waals surface area contributed by atoms with Crippen molar-refractivity contribution in [2.45, 2.75) is 10.3 Å². The van der Waals surface area contributed by atoms with Gasteiger partial charge in [-0.1, -0.05) is 11.8 Å². The van der Waals surface area contributed by atoms with Crippen molar-refractivity contribution in [2.75, 3.05) is 5.32 Å². The largest absolute Gasteiger partial charge is 0.371 e. The molecular weight excluding hydrogens is 471 g/mol. The predicted molar refractivity (Wildman–Crippen MR) is 122 cm³/mol. The second-order valence-corrected chi connectivity index (χ2v) is 9.83. The Balaban J connectivity index is 1.52. The molecule has 168 valence electrons. The van der Waals surface area contributed by atoms with E-state index in [0.717, 1.165) is 36.0 Å². The van der Waals surface area contributed by atoms with Gasteiger partial charge in [-0.15, -0.1) is 0 Å². The summed E-state index contributed by atoms with van der Waals surface area (Å²) in [7, 11) is -4.38. The third-order valence-corrected chi connectivity index (χ3v) is 7.64. The van der Waals surface area contributed by atoms with Crippen LogP contribution in [-0.4, -0.2) is 28.8 Å². The number of nitrogens with one attached hydrogen (secondary N) is 2. The molecule has 1 aliphatic rings. The van der Waals surface area contributed by atoms with Gasteiger partial charge in [-0.3, -0.25) is 19.9 Å². The first-order valence-corrected chi connectivity index (χ1v) is 11.8. The smallest absolute Gasteiger partial charge is 0.283 e. The highest BCUT2D eigenvalue weighted by Gasteiger charge is 2.36. The van der Waals surface area contributed by atoms with Gasteiger partial charge in [0.15, 0.2) is 5.37 Å². The summed E-state index contributed by atoms with van der Waals surface area (Å²) < 4.78 is 38.6. The quantitative estimate of drug-likeness (QED) is 0.394. The molecule has 1 aliphatic heterocycles. The number of aromatic nitrogens is 1. The zero-order chi connectivity index (χ0) is 23.6. The SMILES string of the molecule is O=C(C1NC=C(c2cnccc2Nc2ccc(F)cc2)S1)S(=O)(=O)c1ccc([N+](=O)[O-])cc1. The maximum atomic E-state index is 13.2. The van der Waals surface area contributed by atoms with E-state index in [4.69, 9.17) is 0 Å². The highest BCUT2D eigenvalue weighted by atomic mass is 32.2. The van der Waals surface area contributed by atoms with Gasteiger partial charge in [0.1, 0.15) is 5.82 Å². The first-order chi connectivity index (χ1) is 15.8. The molecule has 0 spiro atoms. The molecule has 9 nitrogen and oxygen atoms in total. The zero-order valence-corrected chi connectivity index (χ0v) is 18.3. The third-order valence-electron chi connectivity index (χ3n) is 4.66. The predicted octanol–water partition coefficient (Wildman–Crippen LogP) is 3.83. The number of rotatable bonds is 6. The Hall–Kier alpha value is -3.77. The summed E-state index contributed by atoms with van der Waals surface area (Å²) in [5.74, 6) is -0.371. The summed E-state index contributed by atoms with van der Waals surface area (Å²) in [6.45, 7) is 0. The van der Waals surface area contributed by atoms with Crippen molar-refractivity contribution >= 4 is 48.7 Å². The molecule has 1 unspecified atom stereocenters. The molecule has 0 amide bonds. The van der Waals surface area contributed by atoms with Gasteiger partial charge in [0, 0.05) is 46.9 Å². The molecule has 0 saturated heterocycles. The first kappa shape index (κ1) is 22.4. The summed E-state index contributed by atoms with van der Waals surface area (Å²) in [4.78, 5) is 27.2. The molecule has 0 aliphatic carbocycles. The van der Waals surface area contributed by atoms with Crippen LogP contribution in [0.2, 0.25) is 0 Å². The van der Waals surface area contributed by atoms with Crippen LogP contribution in [0.5, 0.6) is 0 Å². The number of nitro groups is 1. The average molecular weight is 487 g/mol. The van der Waals surface area contributed by atoms with Gasteiger partial charge in [-0.2, -0.15) is 0 Å². The van der Waals surface area contributed by atoms with Crippen molar-refractivity contribution < 1.29 is 22.5 Å². The van der Waals surface area contributed by atoms with Crippen LogP contribution in [0.3, 0.4) is 0 Å². The number of non-ortho nitro benzene ring substituents is 1. The van der Waals surface area contributed by atoms with Crippen LogP contribution in [0.4, 0.5) is 21.5 Å². The van der Waals surface area contributed by atoms with E-state index in [2.05, 4.69) is 15.6 Å². The maximum Gasteiger partial charge on any atom is 0.283 e. The van der Waals surface area contributed by atoms with Crippen LogP contribution in [0.15, 0.2) is 78.1 Å². The summed E-state index contributed by atoms with van der Waals surface area (Å²) in [5, 5.41) is 14.5. The lowest BCUT2D eigenvalue weighted by Gasteiger charge is -2.13. The number of anilines is 2. The molecule has 0 fully saturated rings. The number of nitro benzene ring substituents is 1. The van der Waals surface area contributed by atoms with Gasteiger partial charge in [-0.25, -0.2) is 12.8 Å². The van der Waals surface area contributed by atoms with Gasteiger partial charge in [0.25, 0.3) is 10.8 Å². The molecule has 0 saturated carbocycles. The van der Waals surface area contributed by atoms with E-state index in [9.17, 15) is 27.7 Å². The molecule has 3 aromatic rings. The Morgan fingerprint density at radius 1 is 1.12 bits per heavy atom. The lowest BCUT2D eigenvalue weighted by molar-refractivity contribution is -0.384. The van der Waals surface area contributed by atoms with E-state index < -0.39 is 25.2 Å². The standard InChI is InChI=1S/C21H15FN4O5S2/c22-13-1-3-14(4-2-13)25-18-9-10-23-11-17(18)19-12-24-20(32-19)21(27)33(30,31)16-7-5-15(6-8-16)26(28)29/h1-12,20,24H,(H,23,25). The van der Waals surface area contributed by atoms with Crippen molar-refractivity contribution in [1.82, 2.24) is 10.3 Å². The van der Waals surface area contributed by atoms with Crippen LogP contribution >= 0.6 is 11.8 Å². The molecule has 4 rings (SSSR count). The van der Waals surface area contributed by atoms with Crippen LogP contribution in [0, 0.1) is 15.9 Å². The third kappa shape index (κ3) is 4.71. The Bertz CT molecular complexity index is 1360. The lowest BCUT2D eigenvalue weighted by Crippen LogP contribution is -2.33. The highest BCUT2D eigenvalue weighted by molar-refractivity contribution is 8.14. The molecule has 0 bridgehead atoms. The Kier molecular flexibility index (Phi) is 6.11. The monoisotopic (exact) mass is 486 g/mol. The molecular formula is C21H15FN4O5S2. The summed E-state index contributed by atoms with van der Waals surface area (Å²) >= 11 is 1.00. The summed E-state index contributed by atoms with van der Waals surface area (Å²) in [6, 6.07) is 11.6. The molecule has 1 aromatic heterocycles. The van der Waals surface area contributed by atoms with Crippen molar-refractivity contribution in [2.24, 2.45) is 0 Å². The van der Waals surface area contributed by atoms with Gasteiger partial charge in [0.05, 0.1) is 15.5 Å². The molecule has 2 aromatic carbocycles. The second-order valence-electron chi connectivity index (χ2n) is 6.80. The number of carbonyl (C=O) groups is 1. The maximum absolute atomic E-state index is 13.2. The average Bonchev–Trinajstić information content (AvgIpc) is 3.30. The Labute approximate surface area is 191 Å². The van der Waals surface area contributed by atoms with Crippen LogP contribution in [-0.2, 0) is 14.6 Å². The lowest BCUT2D eigenvalue weighted by atomic mass is 10.2. The number of thioether (sulfide) groups is 1. The number of nitrogens with zero attached hydrogens (tertiary/aromatic N) is 2. The first-order valence-electron chi connectivity index (χ1n) is 9.39. The topological polar surface area (TPSA) is 131 Å². The minimum Gasteiger partial charge on any atom is -0.371 e. The van der Waals surface area contributed by atoms with Crippen LogP contribution in [0.25, 0.3) is 4.91 Å². The van der Waals surface area contributed by atoms with Crippen LogP contribution < -0.4 is 10.6 Å². The molecule has 33 heavy (non-hydrogen) atoms. The van der Waals surface area contributed by atoms with E-state index in [1.807, 2.05) is 0 Å². The molecule has 0 radical (unpaired) electrons. The number of benzene rings is 2. The summed E-state index contributed by atoms with van der Waals surface area (Å²) in [6.07, 6.45) is 4.64. The number of carbonyl (C=O) groups excluding carboxylic acids is 1. The Morgan fingerprint density at radius 2 is 1.82 bits per heavy atom. The number of sulfone groups is 1. The van der Waals surface area contributed by atoms with E-state index in [0.29, 0.717) is 21.8 Å². The van der Waals surface area contributed by atoms with E-state index in [1.54, 1.807) is 30.6 Å². The fraction of sp³-hybridized carbons (Fsp3) is 0.0476. The molecule has 12 heteroatoms. The van der Waals surface area contributed by atoms with Crippen molar-refractivity contribution in [3.05, 3.63) is 94.7 Å². The van der Waals surface area contributed by atoms with Crippen molar-refractivity contribution in [3.63, 3.8) is 0 Å². The minimum absolute atomic E-state index is 0.281. The highest BCUT2D eigenvalue weighted by Crippen LogP contribution is 2.39. The molecule has 2 N–H and O–H groups in total. The van der Waals surface area contributed by atoms with E-state index in [1.165, 1.54) is 18.3 Å². The van der Waals surface area contributed by atoms with E-state index >= 15 is 0 Å². The van der Waals surface area contributed by atoms with Crippen molar-refractivity contribution in [3.8, 4) is 0 Å². The minimum atomic E-state index is -4.38. The number of pyridine rings is 1. The normalized spacial score (nSPS) is 15.4. The van der Waals surface area contributed by atoms with Crippen molar-refractivity contribution in [1.29, 1.82) is 0 Å². The molecule has 2 heterocycles. The summed E-state index contributed by atoms with van der Waals surface area (Å²) in [5.41, 5.74) is 1.59. The van der Waals surface area contributed by atoms with Gasteiger partial charge < -0.3 is 10.6 Å². The Morgan fingerprint density at radius 3 is 2.48 bits per heavy atom. The fourth-order valence-electron chi connectivity index (χ4n) is 3.00. The van der Waals surface area contributed by atoms with Gasteiger partial charge in [-0.05, 0) is 42.5 Å². The zero-order valence-electron chi connectivity index (χ0n) is 16.6. The fourth-order valence-corrected chi connectivity index (χ4v) is 5.51. The van der Waals surface area contributed by atoms with E-state index in [-0.39, 0.29) is 16.4 Å². The molecule has 1 atom stereocenters. The number of hydrogen-bond donors (Lipinski definition) is 2. The number of halogens is 1. The number of hydrogen-bond acceptors (Lipinski definition) is 9. The van der Waals surface area contributed by atoms with Gasteiger partial charge >= 0.3 is 0 Å². The second kappa shape index (κ2) is 9.00. The van der Waals surface area contributed by atoms with Crippen LogP contribution in [0.1, 0.15) is 5.56 Å². The van der Waals surface area contributed by atoms with Gasteiger partial charge in [0.2, 0.25) is 9.84 Å².